The Hall–Kier alpha value is -3.74. The average Bonchev–Trinajstić information content (AvgIpc) is 2.69. The lowest BCUT2D eigenvalue weighted by Crippen LogP contribution is -2.41. The normalized spacial score (nSPS) is 10.5. The van der Waals surface area contributed by atoms with Crippen LogP contribution in [0.5, 0.6) is 0 Å². The molecule has 0 spiro atoms. The first-order valence-electron chi connectivity index (χ1n) is 8.57. The molecule has 0 aliphatic rings. The lowest BCUT2D eigenvalue weighted by Gasteiger charge is -2.18. The highest BCUT2D eigenvalue weighted by Crippen LogP contribution is 2.14. The number of hydrogen-bond donors (Lipinski definition) is 0. The summed E-state index contributed by atoms with van der Waals surface area (Å²) in [6, 6.07) is 17.2. The number of benzene rings is 2. The summed E-state index contributed by atoms with van der Waals surface area (Å²) >= 11 is 0. The molecule has 0 aliphatic carbocycles. The van der Waals surface area contributed by atoms with Crippen LogP contribution in [0.1, 0.15) is 22.8 Å². The molecule has 28 heavy (non-hydrogen) atoms. The van der Waals surface area contributed by atoms with Gasteiger partial charge in [-0.1, -0.05) is 53.6 Å². The minimum absolute atomic E-state index is 0.117. The smallest absolute Gasteiger partial charge is 0.330 e. The Balaban J connectivity index is 1.90. The maximum absolute atomic E-state index is 12.8. The van der Waals surface area contributed by atoms with Crippen LogP contribution >= 0.6 is 0 Å². The van der Waals surface area contributed by atoms with E-state index < -0.39 is 23.3 Å². The molecule has 7 nitrogen and oxygen atoms in total. The topological polar surface area (TPSA) is 85.7 Å². The van der Waals surface area contributed by atoms with Crippen molar-refractivity contribution in [1.82, 2.24) is 9.63 Å². The molecular formula is C21H18N2O5. The highest BCUT2D eigenvalue weighted by atomic mass is 16.7. The van der Waals surface area contributed by atoms with Gasteiger partial charge >= 0.3 is 5.97 Å². The van der Waals surface area contributed by atoms with Crippen LogP contribution in [-0.4, -0.2) is 27.4 Å². The van der Waals surface area contributed by atoms with E-state index in [2.05, 4.69) is 0 Å². The number of hydroxylamine groups is 2. The van der Waals surface area contributed by atoms with E-state index in [4.69, 9.17) is 4.84 Å². The van der Waals surface area contributed by atoms with Crippen LogP contribution in [0.25, 0.3) is 10.9 Å². The fourth-order valence-corrected chi connectivity index (χ4v) is 2.83. The third-order valence-corrected chi connectivity index (χ3v) is 4.22. The summed E-state index contributed by atoms with van der Waals surface area (Å²) < 4.78 is 1.31. The van der Waals surface area contributed by atoms with Gasteiger partial charge in [0.15, 0.2) is 0 Å². The molecule has 0 unspecified atom stereocenters. The van der Waals surface area contributed by atoms with Crippen molar-refractivity contribution >= 4 is 28.7 Å². The fraction of sp³-hybridized carbons (Fsp3) is 0.143. The zero-order chi connectivity index (χ0) is 20.3. The molecule has 0 N–H and O–H groups in total. The van der Waals surface area contributed by atoms with Gasteiger partial charge in [-0.15, -0.1) is 0 Å². The minimum Gasteiger partial charge on any atom is -0.330 e. The van der Waals surface area contributed by atoms with Crippen molar-refractivity contribution in [3.63, 3.8) is 0 Å². The molecule has 2 amide bonds. The number of carbonyl (C=O) groups excluding carboxylic acids is 3. The number of hydrogen-bond acceptors (Lipinski definition) is 5. The number of pyridine rings is 1. The number of imide groups is 1. The summed E-state index contributed by atoms with van der Waals surface area (Å²) in [6.45, 7) is 1.08. The van der Waals surface area contributed by atoms with Gasteiger partial charge in [0.25, 0.3) is 17.4 Å². The Morgan fingerprint density at radius 2 is 1.64 bits per heavy atom. The van der Waals surface area contributed by atoms with Crippen molar-refractivity contribution < 1.29 is 19.2 Å². The highest BCUT2D eigenvalue weighted by Gasteiger charge is 2.27. The maximum atomic E-state index is 12.8. The first-order chi connectivity index (χ1) is 13.4. The van der Waals surface area contributed by atoms with Crippen LogP contribution in [0.2, 0.25) is 0 Å². The molecule has 0 bridgehead atoms. The third kappa shape index (κ3) is 3.83. The molecule has 1 heterocycles. The van der Waals surface area contributed by atoms with E-state index in [0.717, 1.165) is 6.92 Å². The predicted octanol–water partition coefficient (Wildman–Crippen LogP) is 2.23. The molecule has 1 aromatic heterocycles. The van der Waals surface area contributed by atoms with E-state index in [1.54, 1.807) is 54.6 Å². The number of amides is 2. The van der Waals surface area contributed by atoms with E-state index in [-0.39, 0.29) is 12.0 Å². The van der Waals surface area contributed by atoms with Gasteiger partial charge in [-0.3, -0.25) is 14.4 Å². The van der Waals surface area contributed by atoms with E-state index in [9.17, 15) is 19.2 Å². The largest absolute Gasteiger partial charge is 0.337 e. The molecule has 3 rings (SSSR count). The molecular weight excluding hydrogens is 360 g/mol. The summed E-state index contributed by atoms with van der Waals surface area (Å²) in [4.78, 5) is 54.5. The Kier molecular flexibility index (Phi) is 5.35. The van der Waals surface area contributed by atoms with Gasteiger partial charge in [0.05, 0.1) is 11.9 Å². The molecule has 0 radical (unpaired) electrons. The SMILES string of the molecule is CC(=O)N(OC(=O)Cc1ccccc1)C(=O)c1cc2ccccc2n(C)c1=O. The number of aryl methyl sites for hydroxylation is 1. The highest BCUT2D eigenvalue weighted by molar-refractivity contribution is 6.05. The van der Waals surface area contributed by atoms with E-state index >= 15 is 0 Å². The van der Waals surface area contributed by atoms with Gasteiger partial charge in [0.2, 0.25) is 0 Å². The molecule has 2 aromatic carbocycles. The lowest BCUT2D eigenvalue weighted by atomic mass is 10.1. The van der Waals surface area contributed by atoms with Crippen molar-refractivity contribution in [3.05, 3.63) is 82.1 Å². The van der Waals surface area contributed by atoms with Gasteiger partial charge in [0.1, 0.15) is 5.56 Å². The van der Waals surface area contributed by atoms with Crippen LogP contribution in [-0.2, 0) is 27.9 Å². The van der Waals surface area contributed by atoms with Crippen molar-refractivity contribution in [3.8, 4) is 0 Å². The number of fused-ring (bicyclic) bond motifs is 1. The van der Waals surface area contributed by atoms with E-state index in [1.165, 1.54) is 17.7 Å². The molecule has 0 saturated carbocycles. The second kappa shape index (κ2) is 7.87. The van der Waals surface area contributed by atoms with Crippen LogP contribution in [0.3, 0.4) is 0 Å². The van der Waals surface area contributed by atoms with E-state index in [1.807, 2.05) is 0 Å². The molecule has 0 atom stereocenters. The van der Waals surface area contributed by atoms with Gasteiger partial charge in [-0.2, -0.15) is 0 Å². The Bertz CT molecular complexity index is 1120. The van der Waals surface area contributed by atoms with Gasteiger partial charge < -0.3 is 9.40 Å². The standard InChI is InChI=1S/C21H18N2O5/c1-14(24)23(28-19(25)12-15-8-4-3-5-9-15)21(27)17-13-16-10-6-7-11-18(16)22(2)20(17)26/h3-11,13H,12H2,1-2H3. The quantitative estimate of drug-likeness (QED) is 0.653. The first-order valence-corrected chi connectivity index (χ1v) is 8.57. The van der Waals surface area contributed by atoms with Gasteiger partial charge in [0, 0.05) is 14.0 Å². The average molecular weight is 378 g/mol. The summed E-state index contributed by atoms with van der Waals surface area (Å²) in [5.41, 5.74) is 0.461. The fourth-order valence-electron chi connectivity index (χ4n) is 2.83. The molecule has 0 saturated heterocycles. The van der Waals surface area contributed by atoms with Crippen LogP contribution < -0.4 is 5.56 Å². The van der Waals surface area contributed by atoms with Crippen molar-refractivity contribution in [1.29, 1.82) is 0 Å². The molecule has 7 heteroatoms. The third-order valence-electron chi connectivity index (χ3n) is 4.22. The number of nitrogens with zero attached hydrogens (tertiary/aromatic N) is 2. The predicted molar refractivity (Wildman–Crippen MR) is 102 cm³/mol. The number of aromatic nitrogens is 1. The van der Waals surface area contributed by atoms with Gasteiger partial charge in [-0.05, 0) is 23.1 Å². The van der Waals surface area contributed by atoms with Crippen molar-refractivity contribution in [2.24, 2.45) is 7.05 Å². The molecule has 3 aromatic rings. The Morgan fingerprint density at radius 1 is 1.00 bits per heavy atom. The zero-order valence-electron chi connectivity index (χ0n) is 15.4. The van der Waals surface area contributed by atoms with Crippen LogP contribution in [0.15, 0.2) is 65.5 Å². The monoisotopic (exact) mass is 378 g/mol. The molecule has 0 fully saturated rings. The summed E-state index contributed by atoms with van der Waals surface area (Å²) in [6.07, 6.45) is -0.117. The summed E-state index contributed by atoms with van der Waals surface area (Å²) in [5, 5.41) is 0.976. The van der Waals surface area contributed by atoms with Crippen LogP contribution in [0.4, 0.5) is 0 Å². The number of para-hydroxylation sites is 1. The van der Waals surface area contributed by atoms with E-state index in [0.29, 0.717) is 21.5 Å². The Morgan fingerprint density at radius 3 is 2.32 bits per heavy atom. The second-order valence-electron chi connectivity index (χ2n) is 6.23. The van der Waals surface area contributed by atoms with Crippen molar-refractivity contribution in [2.45, 2.75) is 13.3 Å². The van der Waals surface area contributed by atoms with Gasteiger partial charge in [-0.25, -0.2) is 4.79 Å². The number of rotatable bonds is 3. The first kappa shape index (κ1) is 19.0. The lowest BCUT2D eigenvalue weighted by molar-refractivity contribution is -0.185. The second-order valence-corrected chi connectivity index (χ2v) is 6.23. The van der Waals surface area contributed by atoms with Crippen molar-refractivity contribution in [2.75, 3.05) is 0 Å². The summed E-state index contributed by atoms with van der Waals surface area (Å²) in [7, 11) is 1.53. The zero-order valence-corrected chi connectivity index (χ0v) is 15.4. The minimum atomic E-state index is -0.986. The Labute approximate surface area is 160 Å². The molecule has 0 aliphatic heterocycles. The maximum Gasteiger partial charge on any atom is 0.337 e. The van der Waals surface area contributed by atoms with Crippen LogP contribution in [0, 0.1) is 0 Å². The summed E-state index contributed by atoms with van der Waals surface area (Å²) in [5.74, 6) is -2.57. The molecule has 142 valence electrons. The number of carbonyl (C=O) groups is 3.